The van der Waals surface area contributed by atoms with Gasteiger partial charge in [0.05, 0.1) is 23.5 Å². The van der Waals surface area contributed by atoms with E-state index in [1.54, 1.807) is 25.4 Å². The smallest absolute Gasteiger partial charge is 0.349 e. The zero-order valence-electron chi connectivity index (χ0n) is 22.5. The molecule has 0 atom stereocenters. The summed E-state index contributed by atoms with van der Waals surface area (Å²) < 4.78 is 12.5. The van der Waals surface area contributed by atoms with Gasteiger partial charge in [0.1, 0.15) is 11.1 Å². The molecule has 2 aromatic carbocycles. The number of rotatable bonds is 9. The molecule has 5 aromatic rings. The van der Waals surface area contributed by atoms with Crippen LogP contribution in [0, 0.1) is 0 Å². The molecular formula is C29H30N6O4. The molecule has 3 aromatic heterocycles. The molecule has 0 unspecified atom stereocenters. The number of anilines is 3. The Balaban J connectivity index is 1.48. The second kappa shape index (κ2) is 10.7. The summed E-state index contributed by atoms with van der Waals surface area (Å²) in [7, 11) is 3.55. The van der Waals surface area contributed by atoms with Gasteiger partial charge in [-0.2, -0.15) is 5.10 Å². The lowest BCUT2D eigenvalue weighted by Gasteiger charge is -2.13. The summed E-state index contributed by atoms with van der Waals surface area (Å²) in [6.07, 6.45) is 1.69. The lowest BCUT2D eigenvalue weighted by Crippen LogP contribution is -2.18. The number of methoxy groups -OCH3 is 1. The maximum atomic E-state index is 12.7. The molecule has 0 aliphatic heterocycles. The van der Waals surface area contributed by atoms with E-state index in [0.717, 1.165) is 22.2 Å². The fourth-order valence-electron chi connectivity index (χ4n) is 4.83. The van der Waals surface area contributed by atoms with Crippen molar-refractivity contribution in [3.63, 3.8) is 0 Å². The zero-order chi connectivity index (χ0) is 27.7. The summed E-state index contributed by atoms with van der Waals surface area (Å²) in [6, 6.07) is 13.3. The van der Waals surface area contributed by atoms with E-state index in [1.807, 2.05) is 36.0 Å². The van der Waals surface area contributed by atoms with Crippen LogP contribution < -0.4 is 16.3 Å². The molecule has 0 aliphatic carbocycles. The van der Waals surface area contributed by atoms with Gasteiger partial charge in [0.15, 0.2) is 5.78 Å². The van der Waals surface area contributed by atoms with Crippen LogP contribution >= 0.6 is 0 Å². The summed E-state index contributed by atoms with van der Waals surface area (Å²) in [5, 5.41) is 12.7. The highest BCUT2D eigenvalue weighted by molar-refractivity contribution is 6.06. The maximum absolute atomic E-state index is 12.7. The SMILES string of the molecule is COCCNc1c(C(C)=O)c(=O)oc2cc(Nc3nccc(-c4ccc5nn(C)c(C(C)C)c5c4)n3)ccc12. The highest BCUT2D eigenvalue weighted by Crippen LogP contribution is 2.31. The minimum atomic E-state index is -0.697. The molecule has 200 valence electrons. The Hall–Kier alpha value is -4.57. The van der Waals surface area contributed by atoms with E-state index in [1.165, 1.54) is 12.6 Å². The van der Waals surface area contributed by atoms with E-state index in [0.29, 0.717) is 47.4 Å². The molecule has 0 fully saturated rings. The number of fused-ring (bicyclic) bond motifs is 2. The minimum Gasteiger partial charge on any atom is -0.422 e. The first-order valence-corrected chi connectivity index (χ1v) is 12.7. The van der Waals surface area contributed by atoms with Crippen LogP contribution in [0.25, 0.3) is 33.1 Å². The van der Waals surface area contributed by atoms with Gasteiger partial charge in [-0.15, -0.1) is 0 Å². The largest absolute Gasteiger partial charge is 0.422 e. The quantitative estimate of drug-likeness (QED) is 0.150. The van der Waals surface area contributed by atoms with E-state index < -0.39 is 5.63 Å². The van der Waals surface area contributed by atoms with Crippen LogP contribution in [0.3, 0.4) is 0 Å². The normalized spacial score (nSPS) is 11.4. The Kier molecular flexibility index (Phi) is 7.12. The van der Waals surface area contributed by atoms with Crippen molar-refractivity contribution in [1.29, 1.82) is 0 Å². The Bertz CT molecular complexity index is 1750. The Morgan fingerprint density at radius 2 is 1.95 bits per heavy atom. The van der Waals surface area contributed by atoms with Crippen molar-refractivity contribution in [3.05, 3.63) is 70.3 Å². The number of benzene rings is 2. The van der Waals surface area contributed by atoms with Crippen LogP contribution in [0.1, 0.15) is 42.7 Å². The number of carbonyl (C=O) groups excluding carboxylic acids is 1. The fourth-order valence-corrected chi connectivity index (χ4v) is 4.83. The topological polar surface area (TPSA) is 124 Å². The van der Waals surface area contributed by atoms with Crippen LogP contribution in [0.4, 0.5) is 17.3 Å². The summed E-state index contributed by atoms with van der Waals surface area (Å²) in [4.78, 5) is 33.9. The van der Waals surface area contributed by atoms with Crippen LogP contribution in [-0.4, -0.2) is 45.8 Å². The van der Waals surface area contributed by atoms with E-state index in [9.17, 15) is 9.59 Å². The Morgan fingerprint density at radius 1 is 1.13 bits per heavy atom. The van der Waals surface area contributed by atoms with Crippen molar-refractivity contribution in [2.45, 2.75) is 26.7 Å². The van der Waals surface area contributed by atoms with Gasteiger partial charge in [0.25, 0.3) is 0 Å². The second-order valence-corrected chi connectivity index (χ2v) is 9.61. The molecule has 0 amide bonds. The first-order chi connectivity index (χ1) is 18.8. The molecule has 3 heterocycles. The lowest BCUT2D eigenvalue weighted by molar-refractivity contribution is 0.101. The van der Waals surface area contributed by atoms with Gasteiger partial charge < -0.3 is 19.8 Å². The molecule has 10 nitrogen and oxygen atoms in total. The van der Waals surface area contributed by atoms with Gasteiger partial charge in [-0.05, 0) is 43.2 Å². The number of carbonyl (C=O) groups is 1. The van der Waals surface area contributed by atoms with Gasteiger partial charge in [-0.25, -0.2) is 14.8 Å². The predicted octanol–water partition coefficient (Wildman–Crippen LogP) is 5.26. The molecule has 0 bridgehead atoms. The minimum absolute atomic E-state index is 0.0124. The predicted molar refractivity (Wildman–Crippen MR) is 152 cm³/mol. The standard InChI is InChI=1S/C29H30N6O4/c1-16(2)27-21-14-18(6-9-23(21)34-35(27)4)22-10-11-31-29(33-22)32-19-7-8-20-24(15-19)39-28(37)25(17(3)36)26(20)30-12-13-38-5/h6-11,14-16,30H,12-13H2,1-5H3,(H,31,32,33). The number of ether oxygens (including phenoxy) is 1. The number of ketones is 1. The number of Topliss-reactive ketones (excluding diaryl/α,β-unsaturated/α-hetero) is 1. The van der Waals surface area contributed by atoms with E-state index in [4.69, 9.17) is 14.1 Å². The zero-order valence-corrected chi connectivity index (χ0v) is 22.5. The monoisotopic (exact) mass is 526 g/mol. The number of nitrogens with zero attached hydrogens (tertiary/aromatic N) is 4. The third-order valence-corrected chi connectivity index (χ3v) is 6.50. The molecule has 0 spiro atoms. The van der Waals surface area contributed by atoms with Gasteiger partial charge in [0, 0.05) is 60.7 Å². The molecule has 0 aliphatic rings. The van der Waals surface area contributed by atoms with Crippen LogP contribution in [-0.2, 0) is 11.8 Å². The number of aromatic nitrogens is 4. The first kappa shape index (κ1) is 26.1. The first-order valence-electron chi connectivity index (χ1n) is 12.7. The fraction of sp³-hybridized carbons (Fsp3) is 0.276. The number of hydrogen-bond donors (Lipinski definition) is 2. The van der Waals surface area contributed by atoms with Crippen molar-refractivity contribution in [2.24, 2.45) is 7.05 Å². The van der Waals surface area contributed by atoms with Crippen molar-refractivity contribution in [3.8, 4) is 11.3 Å². The Labute approximate surface area is 225 Å². The summed E-state index contributed by atoms with van der Waals surface area (Å²) >= 11 is 0. The molecule has 10 heteroatoms. The van der Waals surface area contributed by atoms with Crippen LogP contribution in [0.5, 0.6) is 0 Å². The van der Waals surface area contributed by atoms with Crippen molar-refractivity contribution >= 4 is 45.0 Å². The molecular weight excluding hydrogens is 496 g/mol. The van der Waals surface area contributed by atoms with Crippen molar-refractivity contribution in [1.82, 2.24) is 19.7 Å². The van der Waals surface area contributed by atoms with E-state index >= 15 is 0 Å². The molecule has 0 radical (unpaired) electrons. The van der Waals surface area contributed by atoms with Gasteiger partial charge in [-0.1, -0.05) is 19.9 Å². The maximum Gasteiger partial charge on any atom is 0.349 e. The van der Waals surface area contributed by atoms with Gasteiger partial charge >= 0.3 is 5.63 Å². The average molecular weight is 527 g/mol. The average Bonchev–Trinajstić information content (AvgIpc) is 3.23. The lowest BCUT2D eigenvalue weighted by atomic mass is 10.0. The molecule has 5 rings (SSSR count). The highest BCUT2D eigenvalue weighted by Gasteiger charge is 2.19. The molecule has 0 saturated carbocycles. The van der Waals surface area contributed by atoms with Crippen LogP contribution in [0.2, 0.25) is 0 Å². The number of nitrogens with one attached hydrogen (secondary N) is 2. The van der Waals surface area contributed by atoms with Crippen molar-refractivity contribution < 1.29 is 13.9 Å². The van der Waals surface area contributed by atoms with E-state index in [-0.39, 0.29) is 11.3 Å². The summed E-state index contributed by atoms with van der Waals surface area (Å²) in [6.45, 7) is 6.50. The van der Waals surface area contributed by atoms with Crippen molar-refractivity contribution in [2.75, 3.05) is 30.9 Å². The second-order valence-electron chi connectivity index (χ2n) is 9.61. The van der Waals surface area contributed by atoms with Gasteiger partial charge in [-0.3, -0.25) is 9.48 Å². The molecule has 39 heavy (non-hydrogen) atoms. The summed E-state index contributed by atoms with van der Waals surface area (Å²) in [5.74, 6) is 0.347. The van der Waals surface area contributed by atoms with Crippen LogP contribution in [0.15, 0.2) is 57.9 Å². The highest BCUT2D eigenvalue weighted by atomic mass is 16.5. The third-order valence-electron chi connectivity index (χ3n) is 6.50. The third kappa shape index (κ3) is 5.10. The van der Waals surface area contributed by atoms with Gasteiger partial charge in [0.2, 0.25) is 5.95 Å². The summed E-state index contributed by atoms with van der Waals surface area (Å²) in [5.41, 5.74) is 4.51. The molecule has 2 N–H and O–H groups in total. The molecule has 0 saturated heterocycles. The number of aryl methyl sites for hydroxylation is 1. The van der Waals surface area contributed by atoms with E-state index in [2.05, 4.69) is 40.6 Å². The number of hydrogen-bond acceptors (Lipinski definition) is 9. The Morgan fingerprint density at radius 3 is 2.69 bits per heavy atom.